The normalized spacial score (nSPS) is 53.0. The molecular weight excluding hydrogens is 222 g/mol. The van der Waals surface area contributed by atoms with E-state index in [-0.39, 0.29) is 0 Å². The molecule has 0 aromatic carbocycles. The summed E-state index contributed by atoms with van der Waals surface area (Å²) in [7, 11) is 0. The van der Waals surface area contributed by atoms with Gasteiger partial charge in [-0.05, 0) is 60.2 Å². The van der Waals surface area contributed by atoms with Crippen molar-refractivity contribution in [2.24, 2.45) is 34.5 Å². The standard InChI is InChI=1S/C16H27NO/c1-10-5-6-12(17-9-18)16(4)8-7-11-14(13(10)16)15(11,2)3/h9-14H,5-8H2,1-4H3,(H,17,18). The fourth-order valence-corrected chi connectivity index (χ4v) is 5.80. The van der Waals surface area contributed by atoms with Crippen molar-refractivity contribution in [2.45, 2.75) is 59.4 Å². The number of hydrogen-bond acceptors (Lipinski definition) is 1. The van der Waals surface area contributed by atoms with E-state index in [1.807, 2.05) is 0 Å². The van der Waals surface area contributed by atoms with Gasteiger partial charge in [-0.15, -0.1) is 0 Å². The number of carbonyl (C=O) groups is 1. The molecule has 3 rings (SSSR count). The minimum Gasteiger partial charge on any atom is -0.355 e. The molecule has 102 valence electrons. The lowest BCUT2D eigenvalue weighted by atomic mass is 9.54. The van der Waals surface area contributed by atoms with Crippen LogP contribution in [-0.2, 0) is 4.79 Å². The molecule has 1 N–H and O–H groups in total. The van der Waals surface area contributed by atoms with Gasteiger partial charge in [-0.1, -0.05) is 27.7 Å². The summed E-state index contributed by atoms with van der Waals surface area (Å²) in [5.74, 6) is 3.50. The fraction of sp³-hybridized carbons (Fsp3) is 0.938. The van der Waals surface area contributed by atoms with E-state index in [1.54, 1.807) is 0 Å². The van der Waals surface area contributed by atoms with Crippen LogP contribution in [-0.4, -0.2) is 12.5 Å². The zero-order valence-corrected chi connectivity index (χ0v) is 12.2. The third-order valence-corrected chi connectivity index (χ3v) is 6.87. The molecule has 0 aliphatic heterocycles. The van der Waals surface area contributed by atoms with Crippen LogP contribution < -0.4 is 5.32 Å². The third-order valence-electron chi connectivity index (χ3n) is 6.87. The van der Waals surface area contributed by atoms with Gasteiger partial charge in [0.1, 0.15) is 0 Å². The molecule has 6 atom stereocenters. The van der Waals surface area contributed by atoms with Gasteiger partial charge in [-0.2, -0.15) is 0 Å². The first kappa shape index (κ1) is 12.5. The predicted octanol–water partition coefficient (Wildman–Crippen LogP) is 3.22. The Kier molecular flexibility index (Phi) is 2.60. The quantitative estimate of drug-likeness (QED) is 0.748. The molecular formula is C16H27NO. The third kappa shape index (κ3) is 1.44. The SMILES string of the molecule is CC1CCC(NC=O)C2(C)CCC3C(C12)C3(C)C. The maximum Gasteiger partial charge on any atom is 0.207 e. The molecule has 1 amide bonds. The first-order valence-corrected chi connectivity index (χ1v) is 7.62. The van der Waals surface area contributed by atoms with Crippen molar-refractivity contribution in [3.63, 3.8) is 0 Å². The van der Waals surface area contributed by atoms with Crippen molar-refractivity contribution in [3.8, 4) is 0 Å². The van der Waals surface area contributed by atoms with Crippen LogP contribution in [0, 0.1) is 34.5 Å². The Bertz CT molecular complexity index is 364. The van der Waals surface area contributed by atoms with Gasteiger partial charge in [0.15, 0.2) is 0 Å². The average molecular weight is 249 g/mol. The minimum atomic E-state index is 0.341. The summed E-state index contributed by atoms with van der Waals surface area (Å²) in [5, 5.41) is 3.13. The van der Waals surface area contributed by atoms with Gasteiger partial charge in [0.25, 0.3) is 0 Å². The highest BCUT2D eigenvalue weighted by Gasteiger charge is 2.68. The molecule has 0 saturated heterocycles. The summed E-state index contributed by atoms with van der Waals surface area (Å²) < 4.78 is 0. The largest absolute Gasteiger partial charge is 0.355 e. The summed E-state index contributed by atoms with van der Waals surface area (Å²) >= 11 is 0. The van der Waals surface area contributed by atoms with E-state index in [2.05, 4.69) is 33.0 Å². The highest BCUT2D eigenvalue weighted by atomic mass is 16.1. The van der Waals surface area contributed by atoms with Gasteiger partial charge < -0.3 is 5.32 Å². The molecule has 0 radical (unpaired) electrons. The molecule has 2 heteroatoms. The van der Waals surface area contributed by atoms with Crippen molar-refractivity contribution in [1.29, 1.82) is 0 Å². The molecule has 0 aromatic rings. The summed E-state index contributed by atoms with van der Waals surface area (Å²) in [6, 6.07) is 0.411. The molecule has 0 heterocycles. The van der Waals surface area contributed by atoms with Crippen molar-refractivity contribution in [3.05, 3.63) is 0 Å². The van der Waals surface area contributed by atoms with Crippen LogP contribution in [0.25, 0.3) is 0 Å². The number of amides is 1. The number of carbonyl (C=O) groups excluding carboxylic acids is 1. The Balaban J connectivity index is 1.92. The number of hydrogen-bond donors (Lipinski definition) is 1. The second-order valence-electron chi connectivity index (χ2n) is 7.92. The summed E-state index contributed by atoms with van der Waals surface area (Å²) in [6.07, 6.45) is 6.05. The average Bonchev–Trinajstić information content (AvgIpc) is 2.85. The minimum absolute atomic E-state index is 0.341. The van der Waals surface area contributed by atoms with Crippen LogP contribution in [0.2, 0.25) is 0 Å². The number of rotatable bonds is 2. The topological polar surface area (TPSA) is 29.1 Å². The van der Waals surface area contributed by atoms with Crippen LogP contribution in [0.1, 0.15) is 53.4 Å². The Morgan fingerprint density at radius 1 is 1.11 bits per heavy atom. The summed E-state index contributed by atoms with van der Waals surface area (Å²) in [5.41, 5.74) is 0.896. The van der Waals surface area contributed by atoms with Crippen LogP contribution >= 0.6 is 0 Å². The lowest BCUT2D eigenvalue weighted by molar-refractivity contribution is -0.113. The Morgan fingerprint density at radius 2 is 1.83 bits per heavy atom. The predicted molar refractivity (Wildman–Crippen MR) is 73.0 cm³/mol. The smallest absolute Gasteiger partial charge is 0.207 e. The first-order chi connectivity index (χ1) is 8.43. The molecule has 3 aliphatic carbocycles. The van der Waals surface area contributed by atoms with Crippen LogP contribution in [0.5, 0.6) is 0 Å². The molecule has 2 nitrogen and oxygen atoms in total. The van der Waals surface area contributed by atoms with Crippen LogP contribution in [0.4, 0.5) is 0 Å². The number of nitrogens with one attached hydrogen (secondary N) is 1. The monoisotopic (exact) mass is 249 g/mol. The van der Waals surface area contributed by atoms with Crippen molar-refractivity contribution in [1.82, 2.24) is 5.32 Å². The first-order valence-electron chi connectivity index (χ1n) is 7.62. The van der Waals surface area contributed by atoms with Crippen LogP contribution in [0.3, 0.4) is 0 Å². The lowest BCUT2D eigenvalue weighted by Gasteiger charge is -2.53. The van der Waals surface area contributed by atoms with E-state index in [9.17, 15) is 4.79 Å². The molecule has 0 bridgehead atoms. The Hall–Kier alpha value is -0.530. The Labute approximate surface area is 111 Å². The zero-order chi connectivity index (χ0) is 13.1. The van der Waals surface area contributed by atoms with Gasteiger partial charge >= 0.3 is 0 Å². The van der Waals surface area contributed by atoms with Crippen molar-refractivity contribution >= 4 is 6.41 Å². The summed E-state index contributed by atoms with van der Waals surface area (Å²) in [6.45, 7) is 9.80. The fourth-order valence-electron chi connectivity index (χ4n) is 5.80. The molecule has 3 fully saturated rings. The highest BCUT2D eigenvalue weighted by Crippen LogP contribution is 2.73. The van der Waals surface area contributed by atoms with Crippen LogP contribution in [0.15, 0.2) is 0 Å². The second kappa shape index (κ2) is 3.74. The van der Waals surface area contributed by atoms with E-state index in [1.165, 1.54) is 25.7 Å². The van der Waals surface area contributed by atoms with Crippen molar-refractivity contribution in [2.75, 3.05) is 0 Å². The molecule has 6 unspecified atom stereocenters. The second-order valence-corrected chi connectivity index (χ2v) is 7.92. The zero-order valence-electron chi connectivity index (χ0n) is 12.2. The highest BCUT2D eigenvalue weighted by molar-refractivity contribution is 5.47. The van der Waals surface area contributed by atoms with E-state index >= 15 is 0 Å². The Morgan fingerprint density at radius 3 is 2.50 bits per heavy atom. The number of fused-ring (bicyclic) bond motifs is 3. The van der Waals surface area contributed by atoms with Gasteiger partial charge in [-0.25, -0.2) is 0 Å². The van der Waals surface area contributed by atoms with Gasteiger partial charge in [-0.3, -0.25) is 4.79 Å². The van der Waals surface area contributed by atoms with E-state index < -0.39 is 0 Å². The van der Waals surface area contributed by atoms with E-state index in [0.29, 0.717) is 16.9 Å². The van der Waals surface area contributed by atoms with E-state index in [0.717, 1.165) is 30.1 Å². The van der Waals surface area contributed by atoms with E-state index in [4.69, 9.17) is 0 Å². The molecule has 0 aromatic heterocycles. The molecule has 0 spiro atoms. The lowest BCUT2D eigenvalue weighted by Crippen LogP contribution is -2.54. The molecule has 3 saturated carbocycles. The molecule has 3 aliphatic rings. The van der Waals surface area contributed by atoms with Gasteiger partial charge in [0.05, 0.1) is 0 Å². The maximum absolute atomic E-state index is 10.9. The summed E-state index contributed by atoms with van der Waals surface area (Å²) in [4.78, 5) is 10.9. The van der Waals surface area contributed by atoms with Gasteiger partial charge in [0.2, 0.25) is 6.41 Å². The maximum atomic E-state index is 10.9. The van der Waals surface area contributed by atoms with Crippen molar-refractivity contribution < 1.29 is 4.79 Å². The molecule has 18 heavy (non-hydrogen) atoms. The van der Waals surface area contributed by atoms with Gasteiger partial charge in [0, 0.05) is 6.04 Å².